The number of benzene rings is 2. The van der Waals surface area contributed by atoms with Gasteiger partial charge in [-0.1, -0.05) is 0 Å². The summed E-state index contributed by atoms with van der Waals surface area (Å²) in [6, 6.07) is 5.97. The third-order valence-corrected chi connectivity index (χ3v) is 5.67. The van der Waals surface area contributed by atoms with Crippen molar-refractivity contribution in [1.82, 2.24) is 4.72 Å². The van der Waals surface area contributed by atoms with Gasteiger partial charge in [-0.2, -0.15) is 0 Å². The number of amides is 1. The summed E-state index contributed by atoms with van der Waals surface area (Å²) >= 11 is 0. The molecule has 0 radical (unpaired) electrons. The third-order valence-electron chi connectivity index (χ3n) is 4.15. The lowest BCUT2D eigenvalue weighted by atomic mass is 10.1. The van der Waals surface area contributed by atoms with E-state index in [0.717, 1.165) is 24.3 Å². The number of ether oxygens (including phenoxy) is 2. The van der Waals surface area contributed by atoms with Crippen LogP contribution in [0.5, 0.6) is 5.75 Å². The largest absolute Gasteiger partial charge is 0.496 e. The molecule has 0 spiro atoms. The number of methoxy groups -OCH3 is 1. The van der Waals surface area contributed by atoms with E-state index in [9.17, 15) is 22.0 Å². The zero-order chi connectivity index (χ0) is 20.3. The lowest BCUT2D eigenvalue weighted by molar-refractivity contribution is 0.102. The van der Waals surface area contributed by atoms with Gasteiger partial charge in [-0.05, 0) is 36.8 Å². The van der Waals surface area contributed by atoms with Crippen LogP contribution in [0.4, 0.5) is 14.5 Å². The minimum absolute atomic E-state index is 0.0810. The summed E-state index contributed by atoms with van der Waals surface area (Å²) < 4.78 is 65.0. The molecular formula is C18H18F2N2O5S. The van der Waals surface area contributed by atoms with Crippen LogP contribution in [-0.2, 0) is 14.8 Å². The van der Waals surface area contributed by atoms with Crippen molar-refractivity contribution in [2.45, 2.75) is 17.4 Å². The fraction of sp³-hybridized carbons (Fsp3) is 0.278. The van der Waals surface area contributed by atoms with Gasteiger partial charge in [0.1, 0.15) is 17.4 Å². The minimum atomic E-state index is -3.91. The molecule has 10 heteroatoms. The Kier molecular flexibility index (Phi) is 5.92. The van der Waals surface area contributed by atoms with Crippen molar-refractivity contribution in [2.75, 3.05) is 25.6 Å². The van der Waals surface area contributed by atoms with Gasteiger partial charge in [-0.15, -0.1) is 0 Å². The number of anilines is 1. The quantitative estimate of drug-likeness (QED) is 0.759. The second kappa shape index (κ2) is 8.21. The van der Waals surface area contributed by atoms with Gasteiger partial charge in [-0.25, -0.2) is 21.9 Å². The fourth-order valence-electron chi connectivity index (χ4n) is 2.73. The number of carbonyl (C=O) groups is 1. The van der Waals surface area contributed by atoms with E-state index in [2.05, 4.69) is 10.0 Å². The van der Waals surface area contributed by atoms with Crippen LogP contribution in [0.15, 0.2) is 41.3 Å². The molecule has 0 saturated carbocycles. The van der Waals surface area contributed by atoms with Crippen molar-refractivity contribution in [3.05, 3.63) is 53.6 Å². The number of sulfonamides is 1. The van der Waals surface area contributed by atoms with Crippen molar-refractivity contribution < 1.29 is 31.5 Å². The number of rotatable bonds is 6. The van der Waals surface area contributed by atoms with Gasteiger partial charge < -0.3 is 14.8 Å². The topological polar surface area (TPSA) is 93.7 Å². The highest BCUT2D eigenvalue weighted by Crippen LogP contribution is 2.25. The molecule has 150 valence electrons. The monoisotopic (exact) mass is 412 g/mol. The maximum Gasteiger partial charge on any atom is 0.259 e. The van der Waals surface area contributed by atoms with Gasteiger partial charge >= 0.3 is 0 Å². The van der Waals surface area contributed by atoms with Crippen LogP contribution in [0.1, 0.15) is 16.8 Å². The highest BCUT2D eigenvalue weighted by atomic mass is 32.2. The van der Waals surface area contributed by atoms with Crippen LogP contribution < -0.4 is 14.8 Å². The molecule has 1 aliphatic rings. The Morgan fingerprint density at radius 3 is 2.68 bits per heavy atom. The molecule has 2 aromatic carbocycles. The summed E-state index contributed by atoms with van der Waals surface area (Å²) in [5, 5.41) is 2.22. The summed E-state index contributed by atoms with van der Waals surface area (Å²) in [7, 11) is -2.61. The maximum absolute atomic E-state index is 13.8. The van der Waals surface area contributed by atoms with E-state index < -0.39 is 27.6 Å². The van der Waals surface area contributed by atoms with E-state index in [1.807, 2.05) is 0 Å². The minimum Gasteiger partial charge on any atom is -0.496 e. The lowest BCUT2D eigenvalue weighted by Gasteiger charge is -2.14. The highest BCUT2D eigenvalue weighted by molar-refractivity contribution is 7.89. The predicted octanol–water partition coefficient (Wildman–Crippen LogP) is 2.29. The van der Waals surface area contributed by atoms with Gasteiger partial charge in [0, 0.05) is 18.7 Å². The number of hydrogen-bond donors (Lipinski definition) is 2. The molecule has 3 rings (SSSR count). The van der Waals surface area contributed by atoms with Gasteiger partial charge in [-0.3, -0.25) is 4.79 Å². The molecule has 0 aliphatic carbocycles. The zero-order valence-electron chi connectivity index (χ0n) is 14.9. The Bertz CT molecular complexity index is 991. The second-order valence-electron chi connectivity index (χ2n) is 6.12. The van der Waals surface area contributed by atoms with Gasteiger partial charge in [0.25, 0.3) is 5.91 Å². The van der Waals surface area contributed by atoms with Crippen LogP contribution in [0.2, 0.25) is 0 Å². The molecule has 1 aliphatic heterocycles. The Morgan fingerprint density at radius 2 is 2.00 bits per heavy atom. The molecule has 1 amide bonds. The van der Waals surface area contributed by atoms with Gasteiger partial charge in [0.05, 0.1) is 29.9 Å². The molecule has 1 unspecified atom stereocenters. The van der Waals surface area contributed by atoms with Crippen LogP contribution in [0, 0.1) is 11.6 Å². The lowest BCUT2D eigenvalue weighted by Crippen LogP contribution is -2.35. The summed E-state index contributed by atoms with van der Waals surface area (Å²) in [5.41, 5.74) is -0.516. The van der Waals surface area contributed by atoms with Crippen molar-refractivity contribution in [2.24, 2.45) is 0 Å². The summed E-state index contributed by atoms with van der Waals surface area (Å²) in [4.78, 5) is 12.4. The number of nitrogens with one attached hydrogen (secondary N) is 2. The first-order valence-corrected chi connectivity index (χ1v) is 9.83. The molecule has 7 nitrogen and oxygen atoms in total. The first-order valence-electron chi connectivity index (χ1n) is 8.34. The zero-order valence-corrected chi connectivity index (χ0v) is 15.7. The second-order valence-corrected chi connectivity index (χ2v) is 7.84. The molecular weight excluding hydrogens is 394 g/mol. The maximum atomic E-state index is 13.8. The molecule has 1 atom stereocenters. The van der Waals surface area contributed by atoms with E-state index in [1.54, 1.807) is 0 Å². The van der Waals surface area contributed by atoms with E-state index in [0.29, 0.717) is 13.0 Å². The van der Waals surface area contributed by atoms with Gasteiger partial charge in [0.2, 0.25) is 10.0 Å². The Balaban J connectivity index is 1.90. The molecule has 1 saturated heterocycles. The molecule has 2 N–H and O–H groups in total. The predicted molar refractivity (Wildman–Crippen MR) is 96.9 cm³/mol. The molecule has 0 aromatic heterocycles. The SMILES string of the molecule is COc1ccc(S(=O)(=O)NC2CCOC2)cc1C(=O)Nc1cc(F)ccc1F. The average Bonchev–Trinajstić information content (AvgIpc) is 3.16. The highest BCUT2D eigenvalue weighted by Gasteiger charge is 2.25. The molecule has 0 bridgehead atoms. The molecule has 1 heterocycles. The third kappa shape index (κ3) is 4.46. The standard InChI is InChI=1S/C18H18F2N2O5S/c1-26-17-5-3-13(28(24,25)22-12-6-7-27-10-12)9-14(17)18(23)21-16-8-11(19)2-4-15(16)20/h2-5,8-9,12,22H,6-7,10H2,1H3,(H,21,23). The fourth-order valence-corrected chi connectivity index (χ4v) is 4.01. The van der Waals surface area contributed by atoms with Crippen LogP contribution >= 0.6 is 0 Å². The number of carbonyl (C=O) groups excluding carboxylic acids is 1. The molecule has 28 heavy (non-hydrogen) atoms. The van der Waals surface area contributed by atoms with Crippen LogP contribution in [0.3, 0.4) is 0 Å². The van der Waals surface area contributed by atoms with Gasteiger partial charge in [0.15, 0.2) is 0 Å². The van der Waals surface area contributed by atoms with E-state index in [1.165, 1.54) is 19.2 Å². The smallest absolute Gasteiger partial charge is 0.259 e. The summed E-state index contributed by atoms with van der Waals surface area (Å²) in [6.45, 7) is 0.726. The van der Waals surface area contributed by atoms with E-state index in [4.69, 9.17) is 9.47 Å². The molecule has 1 fully saturated rings. The van der Waals surface area contributed by atoms with E-state index >= 15 is 0 Å². The van der Waals surface area contributed by atoms with Crippen LogP contribution in [0.25, 0.3) is 0 Å². The average molecular weight is 412 g/mol. The molecule has 2 aromatic rings. The summed E-state index contributed by atoms with van der Waals surface area (Å²) in [5.74, 6) is -2.33. The van der Waals surface area contributed by atoms with Crippen LogP contribution in [-0.4, -0.2) is 40.7 Å². The van der Waals surface area contributed by atoms with Crippen molar-refractivity contribution in [3.63, 3.8) is 0 Å². The Hall–Kier alpha value is -2.56. The normalized spacial score (nSPS) is 16.8. The first-order chi connectivity index (χ1) is 13.3. The number of hydrogen-bond acceptors (Lipinski definition) is 5. The van der Waals surface area contributed by atoms with E-state index in [-0.39, 0.29) is 34.5 Å². The Morgan fingerprint density at radius 1 is 1.21 bits per heavy atom. The Labute approximate surface area is 160 Å². The first kappa shape index (κ1) is 20.2. The number of halogens is 2. The van der Waals surface area contributed by atoms with Crippen molar-refractivity contribution in [3.8, 4) is 5.75 Å². The summed E-state index contributed by atoms with van der Waals surface area (Å²) in [6.07, 6.45) is 0.543. The van der Waals surface area contributed by atoms with Crippen molar-refractivity contribution in [1.29, 1.82) is 0 Å². The van der Waals surface area contributed by atoms with Crippen molar-refractivity contribution >= 4 is 21.6 Å².